The lowest BCUT2D eigenvalue weighted by Crippen LogP contribution is -2.37. The highest BCUT2D eigenvalue weighted by atomic mass is 35.5. The first-order valence-electron chi connectivity index (χ1n) is 7.16. The van der Waals surface area contributed by atoms with Crippen molar-refractivity contribution in [2.75, 3.05) is 0 Å². The third-order valence-corrected chi connectivity index (χ3v) is 5.46. The van der Waals surface area contributed by atoms with Crippen LogP contribution in [-0.2, 0) is 11.8 Å². The summed E-state index contributed by atoms with van der Waals surface area (Å²) < 4.78 is 13.9. The van der Waals surface area contributed by atoms with Gasteiger partial charge in [0.15, 0.2) is 0 Å². The van der Waals surface area contributed by atoms with Gasteiger partial charge < -0.3 is 9.88 Å². The van der Waals surface area contributed by atoms with Gasteiger partial charge in [-0.05, 0) is 31.0 Å². The molecule has 0 spiro atoms. The van der Waals surface area contributed by atoms with Gasteiger partial charge in [-0.25, -0.2) is 9.37 Å². The SMILES string of the molecule is Cn1ccnc1C(NC(=O)C1(C)CC1(Cl)Cl)c1ccc(F)cc1. The summed E-state index contributed by atoms with van der Waals surface area (Å²) in [5.74, 6) is 0.0529. The number of hydrogen-bond donors (Lipinski definition) is 1. The normalized spacial score (nSPS) is 23.3. The molecule has 23 heavy (non-hydrogen) atoms. The van der Waals surface area contributed by atoms with E-state index in [1.54, 1.807) is 36.0 Å². The first kappa shape index (κ1) is 16.3. The van der Waals surface area contributed by atoms with Crippen LogP contribution in [0.4, 0.5) is 4.39 Å². The molecule has 122 valence electrons. The molecule has 2 unspecified atom stereocenters. The van der Waals surface area contributed by atoms with Crippen LogP contribution in [0.5, 0.6) is 0 Å². The maximum atomic E-state index is 13.2. The number of rotatable bonds is 4. The lowest BCUT2D eigenvalue weighted by molar-refractivity contribution is -0.126. The Kier molecular flexibility index (Phi) is 3.89. The van der Waals surface area contributed by atoms with Gasteiger partial charge in [-0.2, -0.15) is 0 Å². The number of aromatic nitrogens is 2. The van der Waals surface area contributed by atoms with Gasteiger partial charge in [0.1, 0.15) is 22.0 Å². The Morgan fingerprint density at radius 1 is 1.39 bits per heavy atom. The molecule has 1 heterocycles. The van der Waals surface area contributed by atoms with E-state index in [1.807, 2.05) is 7.05 Å². The van der Waals surface area contributed by atoms with Crippen molar-refractivity contribution in [3.63, 3.8) is 0 Å². The van der Waals surface area contributed by atoms with Crippen molar-refractivity contribution < 1.29 is 9.18 Å². The summed E-state index contributed by atoms with van der Waals surface area (Å²) in [6.45, 7) is 1.72. The number of nitrogens with zero attached hydrogens (tertiary/aromatic N) is 2. The molecular formula is C16H16Cl2FN3O. The number of carbonyl (C=O) groups excluding carboxylic acids is 1. The summed E-state index contributed by atoms with van der Waals surface area (Å²) in [6.07, 6.45) is 3.82. The van der Waals surface area contributed by atoms with E-state index in [9.17, 15) is 9.18 Å². The van der Waals surface area contributed by atoms with Gasteiger partial charge in [0.25, 0.3) is 0 Å². The highest BCUT2D eigenvalue weighted by Gasteiger charge is 2.68. The largest absolute Gasteiger partial charge is 0.342 e. The van der Waals surface area contributed by atoms with E-state index in [-0.39, 0.29) is 11.7 Å². The zero-order valence-electron chi connectivity index (χ0n) is 12.7. The maximum absolute atomic E-state index is 13.2. The fraction of sp³-hybridized carbons (Fsp3) is 0.375. The van der Waals surface area contributed by atoms with E-state index in [0.29, 0.717) is 12.2 Å². The molecule has 1 saturated carbocycles. The number of amides is 1. The maximum Gasteiger partial charge on any atom is 0.229 e. The minimum Gasteiger partial charge on any atom is -0.342 e. The fourth-order valence-corrected chi connectivity index (χ4v) is 3.25. The molecule has 3 rings (SSSR count). The third kappa shape index (κ3) is 2.83. The van der Waals surface area contributed by atoms with Gasteiger partial charge >= 0.3 is 0 Å². The van der Waals surface area contributed by atoms with Crippen LogP contribution in [0.1, 0.15) is 30.8 Å². The van der Waals surface area contributed by atoms with Crippen LogP contribution in [0.2, 0.25) is 0 Å². The Bertz CT molecular complexity index is 744. The first-order valence-corrected chi connectivity index (χ1v) is 7.92. The Morgan fingerprint density at radius 3 is 2.48 bits per heavy atom. The number of hydrogen-bond acceptors (Lipinski definition) is 2. The molecule has 1 amide bonds. The van der Waals surface area contributed by atoms with E-state index in [2.05, 4.69) is 10.3 Å². The number of nitrogens with one attached hydrogen (secondary N) is 1. The lowest BCUT2D eigenvalue weighted by Gasteiger charge is -2.22. The van der Waals surface area contributed by atoms with Gasteiger partial charge in [-0.3, -0.25) is 4.79 Å². The standard InChI is InChI=1S/C16H16Cl2FN3O/c1-15(9-16(15,17)18)14(23)21-12(13-20-7-8-22(13)2)10-3-5-11(19)6-4-10/h3-8,12H,9H2,1-2H3,(H,21,23). The molecule has 7 heteroatoms. The van der Waals surface area contributed by atoms with E-state index < -0.39 is 15.8 Å². The quantitative estimate of drug-likeness (QED) is 0.854. The molecule has 1 aromatic heterocycles. The molecule has 1 aliphatic carbocycles. The van der Waals surface area contributed by atoms with Crippen molar-refractivity contribution in [3.8, 4) is 0 Å². The van der Waals surface area contributed by atoms with Crippen LogP contribution in [0, 0.1) is 11.2 Å². The molecule has 1 aliphatic rings. The summed E-state index contributed by atoms with van der Waals surface area (Å²) in [5.41, 5.74) is -0.104. The summed E-state index contributed by atoms with van der Waals surface area (Å²) in [5, 5.41) is 2.94. The number of alkyl halides is 2. The summed E-state index contributed by atoms with van der Waals surface area (Å²) in [4.78, 5) is 16.9. The number of halogens is 3. The molecule has 2 atom stereocenters. The van der Waals surface area contributed by atoms with Gasteiger partial charge in [0.2, 0.25) is 5.91 Å². The Labute approximate surface area is 143 Å². The number of imidazole rings is 1. The highest BCUT2D eigenvalue weighted by Crippen LogP contribution is 2.64. The van der Waals surface area contributed by atoms with Gasteiger partial charge in [-0.1, -0.05) is 12.1 Å². The van der Waals surface area contributed by atoms with Crippen LogP contribution in [0.3, 0.4) is 0 Å². The van der Waals surface area contributed by atoms with E-state index in [4.69, 9.17) is 23.2 Å². The Morgan fingerprint density at radius 2 is 2.00 bits per heavy atom. The highest BCUT2D eigenvalue weighted by molar-refractivity contribution is 6.53. The Balaban J connectivity index is 1.92. The summed E-state index contributed by atoms with van der Waals surface area (Å²) >= 11 is 12.2. The molecule has 1 aromatic carbocycles. The fourth-order valence-electron chi connectivity index (χ4n) is 2.54. The van der Waals surface area contributed by atoms with Crippen molar-refractivity contribution in [1.29, 1.82) is 0 Å². The smallest absolute Gasteiger partial charge is 0.229 e. The zero-order valence-corrected chi connectivity index (χ0v) is 14.2. The third-order valence-electron chi connectivity index (χ3n) is 4.35. The predicted octanol–water partition coefficient (Wildman–Crippen LogP) is 3.35. The zero-order chi connectivity index (χ0) is 16.8. The second kappa shape index (κ2) is 5.49. The molecule has 0 radical (unpaired) electrons. The topological polar surface area (TPSA) is 46.9 Å². The van der Waals surface area contributed by atoms with E-state index >= 15 is 0 Å². The molecule has 0 aliphatic heterocycles. The van der Waals surface area contributed by atoms with Crippen LogP contribution >= 0.6 is 23.2 Å². The number of carbonyl (C=O) groups is 1. The number of aryl methyl sites for hydroxylation is 1. The molecular weight excluding hydrogens is 340 g/mol. The van der Waals surface area contributed by atoms with Crippen molar-refractivity contribution in [3.05, 3.63) is 53.9 Å². The van der Waals surface area contributed by atoms with E-state index in [1.165, 1.54) is 12.1 Å². The average Bonchev–Trinajstić information content (AvgIpc) is 2.81. The molecule has 0 bridgehead atoms. The van der Waals surface area contributed by atoms with Gasteiger partial charge in [-0.15, -0.1) is 23.2 Å². The van der Waals surface area contributed by atoms with Crippen LogP contribution in [-0.4, -0.2) is 19.8 Å². The van der Waals surface area contributed by atoms with E-state index in [0.717, 1.165) is 5.56 Å². The molecule has 1 N–H and O–H groups in total. The van der Waals surface area contributed by atoms with Crippen molar-refractivity contribution in [1.82, 2.24) is 14.9 Å². The van der Waals surface area contributed by atoms with Crippen LogP contribution in [0.15, 0.2) is 36.7 Å². The minimum atomic E-state index is -1.05. The lowest BCUT2D eigenvalue weighted by atomic mass is 10.0. The molecule has 4 nitrogen and oxygen atoms in total. The van der Waals surface area contributed by atoms with Gasteiger partial charge in [0.05, 0.1) is 5.41 Å². The Hall–Kier alpha value is -1.59. The summed E-state index contributed by atoms with van der Waals surface area (Å²) in [6, 6.07) is 5.44. The number of benzene rings is 1. The average molecular weight is 356 g/mol. The van der Waals surface area contributed by atoms with Gasteiger partial charge in [0, 0.05) is 19.4 Å². The van der Waals surface area contributed by atoms with Crippen molar-refractivity contribution >= 4 is 29.1 Å². The van der Waals surface area contributed by atoms with Crippen molar-refractivity contribution in [2.24, 2.45) is 12.5 Å². The second-order valence-corrected chi connectivity index (χ2v) is 7.55. The first-order chi connectivity index (χ1) is 10.7. The predicted molar refractivity (Wildman–Crippen MR) is 86.8 cm³/mol. The van der Waals surface area contributed by atoms with Crippen LogP contribution in [0.25, 0.3) is 0 Å². The van der Waals surface area contributed by atoms with Crippen molar-refractivity contribution in [2.45, 2.75) is 23.7 Å². The summed E-state index contributed by atoms with van der Waals surface area (Å²) in [7, 11) is 1.83. The van der Waals surface area contributed by atoms with Crippen LogP contribution < -0.4 is 5.32 Å². The second-order valence-electron chi connectivity index (χ2n) is 6.07. The minimum absolute atomic E-state index is 0.250. The monoisotopic (exact) mass is 355 g/mol. The molecule has 0 saturated heterocycles. The molecule has 2 aromatic rings. The molecule has 1 fully saturated rings.